The van der Waals surface area contributed by atoms with Crippen LogP contribution in [0.3, 0.4) is 0 Å². The van der Waals surface area contributed by atoms with E-state index in [1.165, 1.54) is 0 Å². The van der Waals surface area contributed by atoms with E-state index in [-0.39, 0.29) is 11.5 Å². The zero-order chi connectivity index (χ0) is 20.0. The van der Waals surface area contributed by atoms with Crippen LogP contribution in [0, 0.1) is 0 Å². The SMILES string of the molecule is O=C(c1ccc(Cl)cc1)c1nn(-c2ccc(Cl)cc2)c2nc3ccccc3nc12. The summed E-state index contributed by atoms with van der Waals surface area (Å²) in [6, 6.07) is 21.4. The Morgan fingerprint density at radius 3 is 2.00 bits per heavy atom. The van der Waals surface area contributed by atoms with E-state index in [0.29, 0.717) is 32.3 Å². The van der Waals surface area contributed by atoms with Gasteiger partial charge in [0.25, 0.3) is 0 Å². The van der Waals surface area contributed by atoms with Crippen LogP contribution in [0.1, 0.15) is 16.1 Å². The number of aromatic nitrogens is 4. The summed E-state index contributed by atoms with van der Waals surface area (Å²) in [5, 5.41) is 5.75. The largest absolute Gasteiger partial charge is 0.287 e. The number of carbonyl (C=O) groups excluding carboxylic acids is 1. The van der Waals surface area contributed by atoms with Crippen LogP contribution in [-0.4, -0.2) is 25.5 Å². The van der Waals surface area contributed by atoms with Crippen molar-refractivity contribution in [1.29, 1.82) is 0 Å². The van der Waals surface area contributed by atoms with Crippen molar-refractivity contribution in [2.24, 2.45) is 0 Å². The maximum atomic E-state index is 13.2. The number of para-hydroxylation sites is 2. The standard InChI is InChI=1S/C22H12Cl2N4O/c23-14-7-5-13(6-8-14)21(29)19-20-22(26-18-4-2-1-3-17(18)25-20)28(27-19)16-11-9-15(24)10-12-16/h1-12H. The van der Waals surface area contributed by atoms with Crippen molar-refractivity contribution < 1.29 is 4.79 Å². The van der Waals surface area contributed by atoms with Gasteiger partial charge in [0.2, 0.25) is 5.78 Å². The third-order valence-corrected chi connectivity index (χ3v) is 5.07. The molecule has 5 rings (SSSR count). The molecule has 5 aromatic rings. The lowest BCUT2D eigenvalue weighted by molar-refractivity contribution is 0.103. The highest BCUT2D eigenvalue weighted by Gasteiger charge is 2.22. The number of carbonyl (C=O) groups is 1. The molecule has 0 saturated heterocycles. The Morgan fingerprint density at radius 2 is 1.34 bits per heavy atom. The first kappa shape index (κ1) is 17.8. The van der Waals surface area contributed by atoms with E-state index in [2.05, 4.69) is 10.1 Å². The van der Waals surface area contributed by atoms with Crippen LogP contribution in [0.25, 0.3) is 27.9 Å². The van der Waals surface area contributed by atoms with Gasteiger partial charge in [-0.1, -0.05) is 35.3 Å². The molecule has 29 heavy (non-hydrogen) atoms. The fraction of sp³-hybridized carbons (Fsp3) is 0. The second-order valence-electron chi connectivity index (χ2n) is 6.46. The first-order valence-electron chi connectivity index (χ1n) is 8.82. The molecule has 2 aromatic heterocycles. The Hall–Kier alpha value is -3.28. The molecule has 5 nitrogen and oxygen atoms in total. The van der Waals surface area contributed by atoms with Crippen LogP contribution in [0.15, 0.2) is 72.8 Å². The molecular formula is C22H12Cl2N4O. The second kappa shape index (κ2) is 6.95. The van der Waals surface area contributed by atoms with Gasteiger partial charge in [0, 0.05) is 15.6 Å². The number of hydrogen-bond donors (Lipinski definition) is 0. The van der Waals surface area contributed by atoms with Crippen molar-refractivity contribution in [3.8, 4) is 5.69 Å². The topological polar surface area (TPSA) is 60.7 Å². The second-order valence-corrected chi connectivity index (χ2v) is 7.33. The molecule has 0 radical (unpaired) electrons. The highest BCUT2D eigenvalue weighted by molar-refractivity contribution is 6.31. The van der Waals surface area contributed by atoms with Crippen molar-refractivity contribution in [1.82, 2.24) is 19.7 Å². The third kappa shape index (κ3) is 3.14. The Bertz CT molecular complexity index is 1380. The molecule has 0 bridgehead atoms. The molecule has 0 aliphatic heterocycles. The molecule has 0 saturated carbocycles. The monoisotopic (exact) mass is 418 g/mol. The molecule has 0 aliphatic carbocycles. The smallest absolute Gasteiger partial charge is 0.215 e. The molecule has 0 atom stereocenters. The van der Waals surface area contributed by atoms with Crippen molar-refractivity contribution >= 4 is 51.2 Å². The fourth-order valence-corrected chi connectivity index (χ4v) is 3.40. The molecule has 0 aliphatic rings. The minimum absolute atomic E-state index is 0.232. The van der Waals surface area contributed by atoms with Gasteiger partial charge in [-0.2, -0.15) is 5.10 Å². The van der Waals surface area contributed by atoms with Crippen LogP contribution < -0.4 is 0 Å². The molecule has 3 aromatic carbocycles. The summed E-state index contributed by atoms with van der Waals surface area (Å²) in [7, 11) is 0. The van der Waals surface area contributed by atoms with Crippen molar-refractivity contribution in [3.63, 3.8) is 0 Å². The van der Waals surface area contributed by atoms with E-state index < -0.39 is 0 Å². The van der Waals surface area contributed by atoms with Gasteiger partial charge in [-0.15, -0.1) is 0 Å². The summed E-state index contributed by atoms with van der Waals surface area (Å²) in [5.74, 6) is -0.246. The molecule has 0 amide bonds. The van der Waals surface area contributed by atoms with E-state index in [9.17, 15) is 4.79 Å². The fourth-order valence-electron chi connectivity index (χ4n) is 3.15. The zero-order valence-electron chi connectivity index (χ0n) is 14.9. The van der Waals surface area contributed by atoms with Gasteiger partial charge in [0.15, 0.2) is 11.3 Å². The normalized spacial score (nSPS) is 11.2. The lowest BCUT2D eigenvalue weighted by Crippen LogP contribution is -2.04. The average Bonchev–Trinajstić information content (AvgIpc) is 3.11. The summed E-state index contributed by atoms with van der Waals surface area (Å²) < 4.78 is 1.62. The zero-order valence-corrected chi connectivity index (χ0v) is 16.4. The number of fused-ring (bicyclic) bond motifs is 2. The van der Waals surface area contributed by atoms with Crippen molar-refractivity contribution in [3.05, 3.63) is 94.1 Å². The molecule has 0 fully saturated rings. The lowest BCUT2D eigenvalue weighted by Gasteiger charge is -2.03. The van der Waals surface area contributed by atoms with Gasteiger partial charge in [-0.3, -0.25) is 4.79 Å². The number of nitrogens with zero attached hydrogens (tertiary/aromatic N) is 4. The van der Waals surface area contributed by atoms with Gasteiger partial charge in [0.1, 0.15) is 5.52 Å². The number of rotatable bonds is 3. The molecule has 140 valence electrons. The van der Waals surface area contributed by atoms with Crippen LogP contribution in [0.5, 0.6) is 0 Å². The number of halogens is 2. The van der Waals surface area contributed by atoms with Crippen molar-refractivity contribution in [2.45, 2.75) is 0 Å². The molecule has 7 heteroatoms. The minimum Gasteiger partial charge on any atom is -0.287 e. The van der Waals surface area contributed by atoms with E-state index in [1.54, 1.807) is 41.1 Å². The Balaban J connectivity index is 1.78. The van der Waals surface area contributed by atoms with Crippen LogP contribution in [0.4, 0.5) is 0 Å². The van der Waals surface area contributed by atoms with E-state index in [0.717, 1.165) is 11.2 Å². The van der Waals surface area contributed by atoms with Gasteiger partial charge in [-0.25, -0.2) is 14.6 Å². The number of benzene rings is 3. The van der Waals surface area contributed by atoms with Crippen LogP contribution in [-0.2, 0) is 0 Å². The Morgan fingerprint density at radius 1 is 0.759 bits per heavy atom. The van der Waals surface area contributed by atoms with E-state index in [4.69, 9.17) is 28.2 Å². The third-order valence-electron chi connectivity index (χ3n) is 4.57. The highest BCUT2D eigenvalue weighted by atomic mass is 35.5. The number of ketones is 1. The summed E-state index contributed by atoms with van der Waals surface area (Å²) in [5.41, 5.74) is 3.81. The maximum Gasteiger partial charge on any atom is 0.215 e. The van der Waals surface area contributed by atoms with Crippen LogP contribution in [0.2, 0.25) is 10.0 Å². The van der Waals surface area contributed by atoms with Gasteiger partial charge < -0.3 is 0 Å². The predicted molar refractivity (Wildman–Crippen MR) is 114 cm³/mol. The molecule has 0 N–H and O–H groups in total. The predicted octanol–water partition coefficient (Wildman–Crippen LogP) is 5.51. The first-order chi connectivity index (χ1) is 14.1. The molecule has 0 spiro atoms. The summed E-state index contributed by atoms with van der Waals surface area (Å²) in [6.45, 7) is 0. The summed E-state index contributed by atoms with van der Waals surface area (Å²) in [4.78, 5) is 22.6. The van der Waals surface area contributed by atoms with E-state index in [1.807, 2.05) is 36.4 Å². The maximum absolute atomic E-state index is 13.2. The Labute approximate surface area is 175 Å². The van der Waals surface area contributed by atoms with Gasteiger partial charge in [0.05, 0.1) is 16.7 Å². The number of hydrogen-bond acceptors (Lipinski definition) is 4. The lowest BCUT2D eigenvalue weighted by atomic mass is 10.1. The minimum atomic E-state index is -0.246. The van der Waals surface area contributed by atoms with Crippen LogP contribution >= 0.6 is 23.2 Å². The van der Waals surface area contributed by atoms with Gasteiger partial charge in [-0.05, 0) is 60.7 Å². The molecule has 2 heterocycles. The Kier molecular flexibility index (Phi) is 4.27. The molecular weight excluding hydrogens is 407 g/mol. The van der Waals surface area contributed by atoms with E-state index >= 15 is 0 Å². The first-order valence-corrected chi connectivity index (χ1v) is 9.57. The summed E-state index contributed by atoms with van der Waals surface area (Å²) >= 11 is 12.0. The molecule has 0 unspecified atom stereocenters. The van der Waals surface area contributed by atoms with Crippen molar-refractivity contribution in [2.75, 3.05) is 0 Å². The van der Waals surface area contributed by atoms with Gasteiger partial charge >= 0.3 is 0 Å². The quantitative estimate of drug-likeness (QED) is 0.362. The average molecular weight is 419 g/mol. The highest BCUT2D eigenvalue weighted by Crippen LogP contribution is 2.25. The summed E-state index contributed by atoms with van der Waals surface area (Å²) in [6.07, 6.45) is 0.